The summed E-state index contributed by atoms with van der Waals surface area (Å²) in [5.41, 5.74) is 6.33. The van der Waals surface area contributed by atoms with Crippen LogP contribution in [-0.2, 0) is 6.42 Å². The third kappa shape index (κ3) is 2.82. The van der Waals surface area contributed by atoms with E-state index in [2.05, 4.69) is 81.6 Å². The molecule has 1 heterocycles. The van der Waals surface area contributed by atoms with Gasteiger partial charge in [-0.1, -0.05) is 56.4 Å². The largest absolute Gasteiger partial charge is 0.481 e. The highest BCUT2D eigenvalue weighted by Crippen LogP contribution is 2.44. The smallest absolute Gasteiger partial charge is 0.151 e. The zero-order valence-electron chi connectivity index (χ0n) is 15.1. The van der Waals surface area contributed by atoms with Gasteiger partial charge in [0, 0.05) is 11.1 Å². The van der Waals surface area contributed by atoms with E-state index in [4.69, 9.17) is 4.74 Å². The second-order valence-corrected chi connectivity index (χ2v) is 6.32. The Morgan fingerprint density at radius 3 is 2.62 bits per heavy atom. The van der Waals surface area contributed by atoms with Crippen molar-refractivity contribution >= 4 is 17.8 Å². The van der Waals surface area contributed by atoms with Gasteiger partial charge >= 0.3 is 0 Å². The van der Waals surface area contributed by atoms with Gasteiger partial charge in [-0.3, -0.25) is 0 Å². The molecular formula is C22H27NO. The second kappa shape index (κ2) is 7.12. The van der Waals surface area contributed by atoms with Gasteiger partial charge in [-0.05, 0) is 43.9 Å². The Kier molecular flexibility index (Phi) is 4.94. The zero-order chi connectivity index (χ0) is 17.1. The summed E-state index contributed by atoms with van der Waals surface area (Å²) in [5.74, 6) is 0.993. The monoisotopic (exact) mass is 321 g/mol. The van der Waals surface area contributed by atoms with Gasteiger partial charge in [0.05, 0.1) is 11.7 Å². The van der Waals surface area contributed by atoms with Gasteiger partial charge in [0.1, 0.15) is 6.10 Å². The first-order valence-corrected chi connectivity index (χ1v) is 8.98. The van der Waals surface area contributed by atoms with Crippen molar-refractivity contribution in [2.45, 2.75) is 52.7 Å². The van der Waals surface area contributed by atoms with Crippen molar-refractivity contribution in [3.05, 3.63) is 58.7 Å². The Morgan fingerprint density at radius 1 is 1.12 bits per heavy atom. The molecule has 0 radical (unpaired) electrons. The molecule has 2 atom stereocenters. The fraction of sp³-hybridized carbons (Fsp3) is 0.364. The summed E-state index contributed by atoms with van der Waals surface area (Å²) < 4.78 is 6.45. The molecule has 1 aliphatic carbocycles. The minimum atomic E-state index is 0.0573. The first-order chi connectivity index (χ1) is 11.7. The molecule has 3 rings (SSSR count). The average molecular weight is 321 g/mol. The van der Waals surface area contributed by atoms with Gasteiger partial charge in [0.25, 0.3) is 0 Å². The van der Waals surface area contributed by atoms with Crippen molar-refractivity contribution in [2.75, 3.05) is 5.32 Å². The van der Waals surface area contributed by atoms with Crippen LogP contribution in [-0.4, -0.2) is 12.1 Å². The lowest BCUT2D eigenvalue weighted by molar-refractivity contribution is 0.228. The molecule has 2 unspecified atom stereocenters. The Balaban J connectivity index is 2.24. The summed E-state index contributed by atoms with van der Waals surface area (Å²) in [6, 6.07) is 0.196. The second-order valence-electron chi connectivity index (χ2n) is 6.32. The topological polar surface area (TPSA) is 21.3 Å². The minimum absolute atomic E-state index is 0.0573. The van der Waals surface area contributed by atoms with Gasteiger partial charge in [-0.2, -0.15) is 0 Å². The number of allylic oxidation sites excluding steroid dienone is 4. The van der Waals surface area contributed by atoms with Crippen LogP contribution in [0, 0.1) is 6.92 Å². The van der Waals surface area contributed by atoms with Crippen molar-refractivity contribution in [2.24, 2.45) is 0 Å². The highest BCUT2D eigenvalue weighted by Gasteiger charge is 2.31. The summed E-state index contributed by atoms with van der Waals surface area (Å²) in [6.45, 7) is 8.68. The fourth-order valence-electron chi connectivity index (χ4n) is 3.59. The quantitative estimate of drug-likeness (QED) is 0.770. The van der Waals surface area contributed by atoms with Crippen molar-refractivity contribution in [1.82, 2.24) is 0 Å². The SMILES string of the molecule is C/C=C\c1c(CC)c(C)c(/C=C\CC)c2c1OC1C=CC=CC1N2. The Bertz CT molecular complexity index is 737. The van der Waals surface area contributed by atoms with Gasteiger partial charge in [-0.25, -0.2) is 0 Å². The maximum atomic E-state index is 6.45. The molecule has 0 fully saturated rings. The first kappa shape index (κ1) is 16.6. The molecule has 0 saturated heterocycles. The molecule has 1 aliphatic heterocycles. The van der Waals surface area contributed by atoms with E-state index in [0.717, 1.165) is 24.3 Å². The molecular weight excluding hydrogens is 294 g/mol. The van der Waals surface area contributed by atoms with E-state index in [1.807, 2.05) is 0 Å². The molecule has 0 spiro atoms. The van der Waals surface area contributed by atoms with Crippen molar-refractivity contribution in [3.63, 3.8) is 0 Å². The van der Waals surface area contributed by atoms with E-state index in [9.17, 15) is 0 Å². The molecule has 0 aromatic heterocycles. The fourth-order valence-corrected chi connectivity index (χ4v) is 3.59. The maximum Gasteiger partial charge on any atom is 0.151 e. The first-order valence-electron chi connectivity index (χ1n) is 8.98. The lowest BCUT2D eigenvalue weighted by Gasteiger charge is -2.36. The van der Waals surface area contributed by atoms with Crippen LogP contribution in [0.1, 0.15) is 49.4 Å². The molecule has 2 heteroatoms. The molecule has 0 saturated carbocycles. The van der Waals surface area contributed by atoms with E-state index in [1.165, 1.54) is 22.3 Å². The number of benzene rings is 1. The van der Waals surface area contributed by atoms with Crippen molar-refractivity contribution < 1.29 is 4.74 Å². The number of rotatable bonds is 4. The molecule has 1 aromatic carbocycles. The third-order valence-electron chi connectivity index (χ3n) is 4.78. The number of ether oxygens (including phenoxy) is 1. The summed E-state index contributed by atoms with van der Waals surface area (Å²) in [7, 11) is 0. The van der Waals surface area contributed by atoms with Crippen LogP contribution >= 0.6 is 0 Å². The van der Waals surface area contributed by atoms with Gasteiger partial charge in [0.15, 0.2) is 5.75 Å². The number of anilines is 1. The van der Waals surface area contributed by atoms with Crippen LogP contribution in [0.15, 0.2) is 36.5 Å². The zero-order valence-corrected chi connectivity index (χ0v) is 15.1. The maximum absolute atomic E-state index is 6.45. The van der Waals surface area contributed by atoms with Crippen LogP contribution in [0.3, 0.4) is 0 Å². The summed E-state index contributed by atoms with van der Waals surface area (Å²) in [6.07, 6.45) is 19.3. The minimum Gasteiger partial charge on any atom is -0.481 e. The highest BCUT2D eigenvalue weighted by atomic mass is 16.5. The summed E-state index contributed by atoms with van der Waals surface area (Å²) in [4.78, 5) is 0. The molecule has 0 bridgehead atoms. The van der Waals surface area contributed by atoms with Crippen LogP contribution in [0.25, 0.3) is 12.2 Å². The summed E-state index contributed by atoms with van der Waals surface area (Å²) >= 11 is 0. The predicted molar refractivity (Wildman–Crippen MR) is 105 cm³/mol. The van der Waals surface area contributed by atoms with Crippen LogP contribution < -0.4 is 10.1 Å². The summed E-state index contributed by atoms with van der Waals surface area (Å²) in [5, 5.41) is 3.72. The molecule has 0 amide bonds. The van der Waals surface area contributed by atoms with Gasteiger partial charge < -0.3 is 10.1 Å². The predicted octanol–water partition coefficient (Wildman–Crippen LogP) is 5.68. The highest BCUT2D eigenvalue weighted by molar-refractivity contribution is 5.84. The van der Waals surface area contributed by atoms with E-state index < -0.39 is 0 Å². The number of fused-ring (bicyclic) bond motifs is 2. The van der Waals surface area contributed by atoms with Crippen LogP contribution in [0.2, 0.25) is 0 Å². The number of hydrogen-bond acceptors (Lipinski definition) is 2. The molecule has 24 heavy (non-hydrogen) atoms. The molecule has 2 nitrogen and oxygen atoms in total. The van der Waals surface area contributed by atoms with E-state index in [1.54, 1.807) is 0 Å². The van der Waals surface area contributed by atoms with Crippen molar-refractivity contribution in [3.8, 4) is 5.75 Å². The lowest BCUT2D eigenvalue weighted by Crippen LogP contribution is -2.40. The Morgan fingerprint density at radius 2 is 1.92 bits per heavy atom. The third-order valence-corrected chi connectivity index (χ3v) is 4.78. The normalized spacial score (nSPS) is 21.7. The molecule has 1 aromatic rings. The van der Waals surface area contributed by atoms with E-state index >= 15 is 0 Å². The van der Waals surface area contributed by atoms with E-state index in [-0.39, 0.29) is 12.1 Å². The van der Waals surface area contributed by atoms with Crippen LogP contribution in [0.5, 0.6) is 5.75 Å². The molecule has 126 valence electrons. The van der Waals surface area contributed by atoms with Gasteiger partial charge in [-0.15, -0.1) is 0 Å². The Hall–Kier alpha value is -2.22. The molecule has 2 aliphatic rings. The number of hydrogen-bond donors (Lipinski definition) is 1. The van der Waals surface area contributed by atoms with Gasteiger partial charge in [0.2, 0.25) is 0 Å². The van der Waals surface area contributed by atoms with Crippen LogP contribution in [0.4, 0.5) is 5.69 Å². The van der Waals surface area contributed by atoms with E-state index in [0.29, 0.717) is 0 Å². The lowest BCUT2D eigenvalue weighted by atomic mass is 9.89. The number of nitrogens with one attached hydrogen (secondary N) is 1. The Labute approximate surface area is 145 Å². The standard InChI is InChI=1S/C22H27NO/c1-5-8-12-17-15(4)16(7-3)18(11-6-2)22-21(17)23-19-13-9-10-14-20(19)24-22/h6,8-14,19-20,23H,5,7H2,1-4H3/b11-6-,12-8-. The van der Waals surface area contributed by atoms with Crippen molar-refractivity contribution in [1.29, 1.82) is 0 Å². The average Bonchev–Trinajstić information content (AvgIpc) is 2.60. The molecule has 1 N–H and O–H groups in total.